The maximum absolute atomic E-state index is 17.4. The minimum atomic E-state index is -3.86. The summed E-state index contributed by atoms with van der Waals surface area (Å²) in [5.41, 5.74) is 1.06. The molecule has 1 saturated heterocycles. The molecule has 8 nitrogen and oxygen atoms in total. The van der Waals surface area contributed by atoms with E-state index in [0.29, 0.717) is 11.3 Å². The van der Waals surface area contributed by atoms with Crippen molar-refractivity contribution in [1.29, 1.82) is 0 Å². The summed E-state index contributed by atoms with van der Waals surface area (Å²) in [6, 6.07) is 3.36. The van der Waals surface area contributed by atoms with Crippen LogP contribution in [0, 0.1) is 0 Å². The molecule has 2 aromatic heterocycles. The second kappa shape index (κ2) is 14.5. The first-order valence-corrected chi connectivity index (χ1v) is 22.7. The third-order valence-corrected chi connectivity index (χ3v) is 24.0. The minimum Gasteiger partial charge on any atom is -0.413 e. The number of halogens is 3. The van der Waals surface area contributed by atoms with Gasteiger partial charge >= 0.3 is 5.92 Å². The van der Waals surface area contributed by atoms with Crippen LogP contribution >= 0.6 is 11.6 Å². The second-order valence-electron chi connectivity index (χ2n) is 16.2. The average Bonchev–Trinajstić information content (AvgIpc) is 3.69. The van der Waals surface area contributed by atoms with E-state index in [4.69, 9.17) is 25.2 Å². The Morgan fingerprint density at radius 1 is 0.917 bits per heavy atom. The first-order valence-electron chi connectivity index (χ1n) is 18.1. The zero-order valence-corrected chi connectivity index (χ0v) is 34.2. The number of rotatable bonds is 14. The van der Waals surface area contributed by atoms with Gasteiger partial charge in [-0.1, -0.05) is 95.9 Å². The lowest BCUT2D eigenvalue weighted by atomic mass is 10.0. The Hall–Kier alpha value is -1.16. The van der Waals surface area contributed by atoms with Crippen LogP contribution in [-0.4, -0.2) is 74.2 Å². The maximum Gasteiger partial charge on any atom is 0.333 e. The highest BCUT2D eigenvalue weighted by molar-refractivity contribution is 6.78. The summed E-state index contributed by atoms with van der Waals surface area (Å²) in [5.74, 6) is -6.40. The smallest absolute Gasteiger partial charge is 0.333 e. The number of nitrogens with zero attached hydrogens (tertiary/aromatic N) is 4. The van der Waals surface area contributed by atoms with Gasteiger partial charge in [-0.2, -0.15) is 13.8 Å². The van der Waals surface area contributed by atoms with E-state index in [1.54, 1.807) is 6.07 Å². The Morgan fingerprint density at radius 3 is 1.90 bits per heavy atom. The molecule has 0 radical (unpaired) electrons. The molecule has 1 unspecified atom stereocenters. The lowest BCUT2D eigenvalue weighted by Gasteiger charge is -2.46. The fraction of sp³-hybridized carbons (Fsp3) is 0.829. The van der Waals surface area contributed by atoms with E-state index in [-0.39, 0.29) is 56.9 Å². The van der Waals surface area contributed by atoms with Crippen molar-refractivity contribution >= 4 is 39.6 Å². The summed E-state index contributed by atoms with van der Waals surface area (Å²) in [5, 5.41) is 16.5. The highest BCUT2D eigenvalue weighted by Gasteiger charge is 2.72. The number of hydrogen-bond donors (Lipinski definition) is 1. The molecular weight excluding hydrogens is 670 g/mol. The monoisotopic (exact) mass is 730 g/mol. The van der Waals surface area contributed by atoms with Gasteiger partial charge in [0.15, 0.2) is 14.1 Å². The summed E-state index contributed by atoms with van der Waals surface area (Å²) < 4.78 is 56.1. The van der Waals surface area contributed by atoms with Gasteiger partial charge in [-0.25, -0.2) is 4.52 Å². The van der Waals surface area contributed by atoms with Crippen LogP contribution in [0.4, 0.5) is 14.6 Å². The molecule has 2 aromatic rings. The van der Waals surface area contributed by atoms with Gasteiger partial charge in [-0.15, -0.1) is 5.10 Å². The lowest BCUT2D eigenvalue weighted by molar-refractivity contribution is -0.297. The predicted octanol–water partition coefficient (Wildman–Crippen LogP) is 9.69. The molecule has 0 aromatic carbocycles. The van der Waals surface area contributed by atoms with Crippen molar-refractivity contribution in [3.63, 3.8) is 0 Å². The molecule has 0 spiro atoms. The van der Waals surface area contributed by atoms with Crippen molar-refractivity contribution in [2.75, 3.05) is 18.6 Å². The molecule has 274 valence electrons. The van der Waals surface area contributed by atoms with Crippen molar-refractivity contribution in [2.24, 2.45) is 0 Å². The van der Waals surface area contributed by atoms with Crippen molar-refractivity contribution in [1.82, 2.24) is 14.6 Å². The number of anilines is 1. The molecule has 4 rings (SSSR count). The van der Waals surface area contributed by atoms with Gasteiger partial charge in [0.1, 0.15) is 23.4 Å². The molecule has 3 heterocycles. The minimum absolute atomic E-state index is 0.0355. The molecule has 48 heavy (non-hydrogen) atoms. The van der Waals surface area contributed by atoms with Crippen LogP contribution in [0.3, 0.4) is 0 Å². The van der Waals surface area contributed by atoms with E-state index in [0.717, 1.165) is 25.7 Å². The number of hydrogen-bond acceptors (Lipinski definition) is 7. The summed E-state index contributed by atoms with van der Waals surface area (Å²) in [6.07, 6.45) is 1.26. The van der Waals surface area contributed by atoms with E-state index >= 15 is 8.78 Å². The van der Waals surface area contributed by atoms with Crippen molar-refractivity contribution in [3.05, 3.63) is 23.1 Å². The quantitative estimate of drug-likeness (QED) is 0.194. The molecular formula is C35H61ClF2N4O4Si2. The van der Waals surface area contributed by atoms with Gasteiger partial charge in [-0.05, 0) is 69.8 Å². The van der Waals surface area contributed by atoms with Crippen LogP contribution in [0.25, 0.3) is 5.52 Å². The van der Waals surface area contributed by atoms with Crippen molar-refractivity contribution in [2.45, 2.75) is 172 Å². The molecule has 1 aliphatic carbocycles. The summed E-state index contributed by atoms with van der Waals surface area (Å²) >= 11 is 6.45. The summed E-state index contributed by atoms with van der Waals surface area (Å²) in [4.78, 5) is 6.55. The molecule has 3 atom stereocenters. The van der Waals surface area contributed by atoms with Gasteiger partial charge in [0, 0.05) is 13.1 Å². The fourth-order valence-corrected chi connectivity index (χ4v) is 20.7. The molecule has 1 N–H and O–H groups in total. The fourth-order valence-electron chi connectivity index (χ4n) is 9.58. The zero-order valence-electron chi connectivity index (χ0n) is 31.5. The Labute approximate surface area is 294 Å². The van der Waals surface area contributed by atoms with E-state index in [1.165, 1.54) is 10.6 Å². The lowest BCUT2D eigenvalue weighted by Crippen LogP contribution is -2.58. The molecule has 1 aliphatic heterocycles. The first-order chi connectivity index (χ1) is 22.2. The Kier molecular flexibility index (Phi) is 11.9. The van der Waals surface area contributed by atoms with E-state index < -0.39 is 40.6 Å². The van der Waals surface area contributed by atoms with E-state index in [9.17, 15) is 5.11 Å². The molecule has 1 saturated carbocycles. The van der Waals surface area contributed by atoms with Crippen LogP contribution in [0.1, 0.15) is 114 Å². The largest absolute Gasteiger partial charge is 0.413 e. The number of ether oxygens (including phenoxy) is 1. The Morgan fingerprint density at radius 2 is 1.42 bits per heavy atom. The molecule has 13 heteroatoms. The summed E-state index contributed by atoms with van der Waals surface area (Å²) in [6.45, 7) is 25.2. The average molecular weight is 732 g/mol. The first kappa shape index (κ1) is 39.6. The van der Waals surface area contributed by atoms with Gasteiger partial charge in [-0.3, -0.25) is 0 Å². The van der Waals surface area contributed by atoms with Crippen LogP contribution in [0.15, 0.2) is 12.1 Å². The normalized spacial score (nSPS) is 24.2. The third kappa shape index (κ3) is 6.42. The molecule has 0 bridgehead atoms. The molecule has 0 amide bonds. The standard InChI is InChI=1S/C35H61ClF2N4O4Si2/c1-21(2)47(22(3)4,23(5)6)44-20-29-31(46-48(24(7)8,25(9)10)26(11)12)34(37,38)35(43,45-29)30-19-18-28-32(39-33(36)40-42(28)30)41(13)27-16-14-15-17-27/h18-19,21-27,29,31,43H,14-17,20H2,1-13H3/t29-,31-,35?/m1/s1. The van der Waals surface area contributed by atoms with Crippen LogP contribution in [-0.2, 0) is 19.4 Å². The SMILES string of the molecule is CC(C)[Si](OC[C@H]1OC(O)(c2ccc3c(N(C)C4CCCC4)nc(Cl)nn23)C(F)(F)[C@@H]1O[Si](C(C)C)(C(C)C)C(C)C)(C(C)C)C(C)C. The number of fused-ring (bicyclic) bond motifs is 1. The topological polar surface area (TPSA) is 81.4 Å². The number of aromatic nitrogens is 3. The van der Waals surface area contributed by atoms with Crippen molar-refractivity contribution in [3.8, 4) is 0 Å². The molecule has 2 aliphatic rings. The maximum atomic E-state index is 17.4. The molecule has 2 fully saturated rings. The van der Waals surface area contributed by atoms with E-state index in [1.807, 2.05) is 11.9 Å². The Bertz CT molecular complexity index is 1360. The summed E-state index contributed by atoms with van der Waals surface area (Å²) in [7, 11) is -3.44. The number of alkyl halides is 2. The zero-order chi connectivity index (χ0) is 36.1. The third-order valence-electron chi connectivity index (χ3n) is 11.7. The predicted molar refractivity (Wildman–Crippen MR) is 195 cm³/mol. The van der Waals surface area contributed by atoms with Crippen LogP contribution in [0.2, 0.25) is 38.5 Å². The second-order valence-corrected chi connectivity index (χ2v) is 27.4. The van der Waals surface area contributed by atoms with Crippen LogP contribution < -0.4 is 4.90 Å². The van der Waals surface area contributed by atoms with Crippen LogP contribution in [0.5, 0.6) is 0 Å². The number of aliphatic hydroxyl groups is 1. The highest BCUT2D eigenvalue weighted by Crippen LogP contribution is 2.55. The van der Waals surface area contributed by atoms with Gasteiger partial charge in [0.25, 0.3) is 5.79 Å². The van der Waals surface area contributed by atoms with Crippen molar-refractivity contribution < 1.29 is 27.5 Å². The Balaban J connectivity index is 1.88. The van der Waals surface area contributed by atoms with Gasteiger partial charge < -0.3 is 23.6 Å². The van der Waals surface area contributed by atoms with Gasteiger partial charge in [0.05, 0.1) is 6.61 Å². The highest BCUT2D eigenvalue weighted by atomic mass is 35.5. The van der Waals surface area contributed by atoms with E-state index in [2.05, 4.69) is 93.2 Å². The van der Waals surface area contributed by atoms with Gasteiger partial charge in [0.2, 0.25) is 13.6 Å².